The summed E-state index contributed by atoms with van der Waals surface area (Å²) in [5, 5.41) is 3.14. The minimum absolute atomic E-state index is 0.155. The van der Waals surface area contributed by atoms with Crippen molar-refractivity contribution in [3.8, 4) is 0 Å². The standard InChI is InChI=1S/C21H34NO6PS/c1-17(30-3)18-10-12-19(13-11-18)21(24)22-14-16-27-20(23)9-7-5-4-6-8-15-28-29(2,25)26/h10-13,17H,4-9,14-16H2,1-3H3,(H,22,24)(H,25,26). The topological polar surface area (TPSA) is 102 Å². The first-order chi connectivity index (χ1) is 14.2. The van der Waals surface area contributed by atoms with Crippen molar-refractivity contribution >= 4 is 31.2 Å². The average Bonchev–Trinajstić information content (AvgIpc) is 2.71. The molecule has 1 aromatic carbocycles. The van der Waals surface area contributed by atoms with E-state index < -0.39 is 7.60 Å². The number of carbonyl (C=O) groups excluding carboxylic acids is 2. The van der Waals surface area contributed by atoms with Gasteiger partial charge in [0.1, 0.15) is 6.61 Å². The SMILES string of the molecule is CSC(C)c1ccc(C(=O)NCCOC(=O)CCCCCCCOP(C)(=O)O)cc1. The van der Waals surface area contributed by atoms with Crippen molar-refractivity contribution in [1.82, 2.24) is 5.32 Å². The monoisotopic (exact) mass is 459 g/mol. The van der Waals surface area contributed by atoms with Gasteiger partial charge in [0.05, 0.1) is 13.2 Å². The number of amides is 1. The molecular formula is C21H34NO6PS. The number of carbonyl (C=O) groups is 2. The molecule has 0 fully saturated rings. The van der Waals surface area contributed by atoms with Crippen LogP contribution in [0, 0.1) is 0 Å². The number of ether oxygens (including phenoxy) is 1. The third-order valence-electron chi connectivity index (χ3n) is 4.50. The molecule has 9 heteroatoms. The summed E-state index contributed by atoms with van der Waals surface area (Å²) < 4.78 is 20.9. The molecule has 30 heavy (non-hydrogen) atoms. The highest BCUT2D eigenvalue weighted by Crippen LogP contribution is 2.36. The van der Waals surface area contributed by atoms with Crippen LogP contribution in [0.1, 0.15) is 66.6 Å². The second-order valence-corrected chi connectivity index (χ2v) is 10.2. The maximum absolute atomic E-state index is 12.1. The Morgan fingerprint density at radius 3 is 2.37 bits per heavy atom. The van der Waals surface area contributed by atoms with Crippen molar-refractivity contribution in [2.45, 2.75) is 50.7 Å². The summed E-state index contributed by atoms with van der Waals surface area (Å²) in [5.41, 5.74) is 1.77. The molecule has 2 unspecified atom stereocenters. The summed E-state index contributed by atoms with van der Waals surface area (Å²) in [5.74, 6) is -0.450. The van der Waals surface area contributed by atoms with Crippen LogP contribution in [0.15, 0.2) is 24.3 Å². The van der Waals surface area contributed by atoms with Crippen molar-refractivity contribution in [2.75, 3.05) is 32.7 Å². The van der Waals surface area contributed by atoms with E-state index in [9.17, 15) is 14.2 Å². The molecule has 2 N–H and O–H groups in total. The van der Waals surface area contributed by atoms with Crippen LogP contribution in [0.3, 0.4) is 0 Å². The fourth-order valence-electron chi connectivity index (χ4n) is 2.68. The molecule has 0 bridgehead atoms. The Hall–Kier alpha value is -1.34. The van der Waals surface area contributed by atoms with Crippen LogP contribution < -0.4 is 5.32 Å². The molecular weight excluding hydrogens is 425 g/mol. The molecule has 7 nitrogen and oxygen atoms in total. The number of hydrogen-bond donors (Lipinski definition) is 2. The maximum atomic E-state index is 12.1. The molecule has 0 saturated heterocycles. The number of unbranched alkanes of at least 4 members (excludes halogenated alkanes) is 4. The van der Waals surface area contributed by atoms with Gasteiger partial charge in [-0.3, -0.25) is 14.2 Å². The van der Waals surface area contributed by atoms with E-state index in [-0.39, 0.29) is 31.6 Å². The normalized spacial score (nSPS) is 14.0. The van der Waals surface area contributed by atoms with Gasteiger partial charge < -0.3 is 19.5 Å². The van der Waals surface area contributed by atoms with Crippen molar-refractivity contribution in [3.63, 3.8) is 0 Å². The first kappa shape index (κ1) is 26.7. The minimum atomic E-state index is -3.37. The molecule has 0 aromatic heterocycles. The van der Waals surface area contributed by atoms with Crippen LogP contribution in [0.4, 0.5) is 0 Å². The van der Waals surface area contributed by atoms with E-state index in [2.05, 4.69) is 18.5 Å². The van der Waals surface area contributed by atoms with Gasteiger partial charge in [-0.15, -0.1) is 0 Å². The van der Waals surface area contributed by atoms with Gasteiger partial charge in [0.25, 0.3) is 5.91 Å². The zero-order valence-electron chi connectivity index (χ0n) is 18.1. The van der Waals surface area contributed by atoms with E-state index in [1.807, 2.05) is 12.1 Å². The van der Waals surface area contributed by atoms with Gasteiger partial charge >= 0.3 is 13.6 Å². The van der Waals surface area contributed by atoms with Gasteiger partial charge in [0.15, 0.2) is 0 Å². The van der Waals surface area contributed by atoms with Gasteiger partial charge in [0.2, 0.25) is 0 Å². The second-order valence-electron chi connectivity index (χ2n) is 7.13. The predicted molar refractivity (Wildman–Crippen MR) is 121 cm³/mol. The number of hydrogen-bond acceptors (Lipinski definition) is 6. The number of esters is 1. The van der Waals surface area contributed by atoms with Gasteiger partial charge in [-0.1, -0.05) is 31.4 Å². The Morgan fingerprint density at radius 2 is 1.73 bits per heavy atom. The highest BCUT2D eigenvalue weighted by Gasteiger charge is 2.09. The van der Waals surface area contributed by atoms with E-state index in [1.165, 1.54) is 12.2 Å². The molecule has 0 aliphatic heterocycles. The first-order valence-electron chi connectivity index (χ1n) is 10.2. The molecule has 1 aromatic rings. The van der Waals surface area contributed by atoms with Gasteiger partial charge in [0, 0.05) is 23.9 Å². The second kappa shape index (κ2) is 14.6. The zero-order valence-corrected chi connectivity index (χ0v) is 19.8. The lowest BCUT2D eigenvalue weighted by Gasteiger charge is -2.10. The van der Waals surface area contributed by atoms with Crippen molar-refractivity contribution in [1.29, 1.82) is 0 Å². The van der Waals surface area contributed by atoms with E-state index in [1.54, 1.807) is 23.9 Å². The van der Waals surface area contributed by atoms with Crippen molar-refractivity contribution < 1.29 is 28.3 Å². The van der Waals surface area contributed by atoms with Crippen LogP contribution in [0.25, 0.3) is 0 Å². The molecule has 1 rings (SSSR count). The van der Waals surface area contributed by atoms with E-state index in [4.69, 9.17) is 14.2 Å². The minimum Gasteiger partial charge on any atom is -0.464 e. The van der Waals surface area contributed by atoms with Crippen LogP contribution in [0.5, 0.6) is 0 Å². The lowest BCUT2D eigenvalue weighted by atomic mass is 10.1. The van der Waals surface area contributed by atoms with Crippen LogP contribution in [0.2, 0.25) is 0 Å². The number of benzene rings is 1. The fraction of sp³-hybridized carbons (Fsp3) is 0.619. The summed E-state index contributed by atoms with van der Waals surface area (Å²) in [6.45, 7) is 4.00. The summed E-state index contributed by atoms with van der Waals surface area (Å²) in [6, 6.07) is 7.52. The van der Waals surface area contributed by atoms with Crippen LogP contribution >= 0.6 is 19.4 Å². The quantitative estimate of drug-likeness (QED) is 0.225. The van der Waals surface area contributed by atoms with Crippen LogP contribution in [-0.4, -0.2) is 49.4 Å². The predicted octanol–water partition coefficient (Wildman–Crippen LogP) is 4.56. The Kier molecular flexibility index (Phi) is 13.0. The number of thioether (sulfide) groups is 1. The van der Waals surface area contributed by atoms with Crippen LogP contribution in [-0.2, 0) is 18.6 Å². The van der Waals surface area contributed by atoms with E-state index >= 15 is 0 Å². The highest BCUT2D eigenvalue weighted by molar-refractivity contribution is 7.98. The van der Waals surface area contributed by atoms with Gasteiger partial charge in [-0.2, -0.15) is 11.8 Å². The molecule has 0 saturated carbocycles. The number of nitrogens with one attached hydrogen (secondary N) is 1. The third-order valence-corrected chi connectivity index (χ3v) is 6.14. The maximum Gasteiger partial charge on any atom is 0.325 e. The third kappa shape index (κ3) is 12.4. The lowest BCUT2D eigenvalue weighted by Crippen LogP contribution is -2.28. The van der Waals surface area contributed by atoms with Gasteiger partial charge in [-0.25, -0.2) is 0 Å². The molecule has 0 spiro atoms. The Bertz CT molecular complexity index is 691. The lowest BCUT2D eigenvalue weighted by molar-refractivity contribution is -0.143. The summed E-state index contributed by atoms with van der Waals surface area (Å²) in [7, 11) is -3.37. The highest BCUT2D eigenvalue weighted by atomic mass is 32.2. The fourth-order valence-corrected chi connectivity index (χ4v) is 3.58. The largest absolute Gasteiger partial charge is 0.464 e. The molecule has 0 radical (unpaired) electrons. The Morgan fingerprint density at radius 1 is 1.10 bits per heavy atom. The first-order valence-corrected chi connectivity index (χ1v) is 13.6. The molecule has 1 amide bonds. The summed E-state index contributed by atoms with van der Waals surface area (Å²) >= 11 is 1.75. The van der Waals surface area contributed by atoms with Crippen molar-refractivity contribution in [2.24, 2.45) is 0 Å². The van der Waals surface area contributed by atoms with E-state index in [0.717, 1.165) is 32.1 Å². The zero-order chi connectivity index (χ0) is 22.4. The smallest absolute Gasteiger partial charge is 0.325 e. The van der Waals surface area contributed by atoms with E-state index in [0.29, 0.717) is 17.2 Å². The molecule has 0 aliphatic carbocycles. The summed E-state index contributed by atoms with van der Waals surface area (Å²) in [6.07, 6.45) is 6.56. The average molecular weight is 460 g/mol. The van der Waals surface area contributed by atoms with Crippen molar-refractivity contribution in [3.05, 3.63) is 35.4 Å². The molecule has 2 atom stereocenters. The Balaban J connectivity index is 2.06. The molecule has 0 heterocycles. The summed E-state index contributed by atoms with van der Waals surface area (Å²) in [4.78, 5) is 32.8. The molecule has 170 valence electrons. The Labute approximate surface area is 183 Å². The number of rotatable bonds is 15. The van der Waals surface area contributed by atoms with Gasteiger partial charge in [-0.05, 0) is 43.7 Å². The molecule has 0 aliphatic rings.